The Balaban J connectivity index is 1.97. The average Bonchev–Trinajstić information content (AvgIpc) is 3.19. The summed E-state index contributed by atoms with van der Waals surface area (Å²) in [5.74, 6) is 1.45. The van der Waals surface area contributed by atoms with E-state index in [-0.39, 0.29) is 6.61 Å². The van der Waals surface area contributed by atoms with E-state index >= 15 is 0 Å². The Morgan fingerprint density at radius 3 is 2.38 bits per heavy atom. The number of fused-ring (bicyclic) bond motifs is 1. The van der Waals surface area contributed by atoms with Crippen LogP contribution in [-0.4, -0.2) is 44.3 Å². The third-order valence-corrected chi connectivity index (χ3v) is 6.79. The van der Waals surface area contributed by atoms with Crippen LogP contribution in [0, 0.1) is 0 Å². The number of hydrogen-bond donors (Lipinski definition) is 1. The van der Waals surface area contributed by atoms with Crippen molar-refractivity contribution in [3.05, 3.63) is 68.9 Å². The Morgan fingerprint density at radius 1 is 1.06 bits per heavy atom. The van der Waals surface area contributed by atoms with Crippen LogP contribution in [0.25, 0.3) is 16.7 Å². The summed E-state index contributed by atoms with van der Waals surface area (Å²) in [6.45, 7) is 3.36. The van der Waals surface area contributed by atoms with Crippen molar-refractivity contribution in [2.75, 3.05) is 24.3 Å². The predicted molar refractivity (Wildman–Crippen MR) is 142 cm³/mol. The lowest BCUT2D eigenvalue weighted by molar-refractivity contribution is 0.289. The number of benzene rings is 2. The number of aromatic nitrogens is 4. The van der Waals surface area contributed by atoms with Gasteiger partial charge in [0.2, 0.25) is 0 Å². The second-order valence-corrected chi connectivity index (χ2v) is 9.68. The zero-order chi connectivity index (χ0) is 24.2. The highest BCUT2D eigenvalue weighted by atomic mass is 35.5. The van der Waals surface area contributed by atoms with Gasteiger partial charge < -0.3 is 10.0 Å². The van der Waals surface area contributed by atoms with Crippen LogP contribution in [-0.2, 0) is 13.0 Å². The highest BCUT2D eigenvalue weighted by Crippen LogP contribution is 2.38. The number of thioether (sulfide) groups is 1. The zero-order valence-corrected chi connectivity index (χ0v) is 21.9. The lowest BCUT2D eigenvalue weighted by Crippen LogP contribution is -2.26. The van der Waals surface area contributed by atoms with Crippen LogP contribution in [0.3, 0.4) is 0 Å². The molecule has 0 atom stereocenters. The molecular weight excluding hydrogens is 513 g/mol. The van der Waals surface area contributed by atoms with Crippen molar-refractivity contribution < 1.29 is 5.11 Å². The summed E-state index contributed by atoms with van der Waals surface area (Å²) in [6.07, 6.45) is 3.21. The molecule has 2 aromatic carbocycles. The van der Waals surface area contributed by atoms with E-state index < -0.39 is 0 Å². The van der Waals surface area contributed by atoms with Gasteiger partial charge >= 0.3 is 0 Å². The van der Waals surface area contributed by atoms with E-state index in [1.165, 1.54) is 11.8 Å². The number of anilines is 1. The summed E-state index contributed by atoms with van der Waals surface area (Å²) in [5.41, 5.74) is 2.29. The Kier molecular flexibility index (Phi) is 8.22. The number of aliphatic hydroxyl groups excluding tert-OH is 1. The molecular formula is C24H24Cl3N5OS. The number of rotatable bonds is 9. The van der Waals surface area contributed by atoms with Crippen LogP contribution in [0.15, 0.2) is 47.5 Å². The van der Waals surface area contributed by atoms with Gasteiger partial charge in [0.25, 0.3) is 0 Å². The molecule has 0 radical (unpaired) electrons. The molecule has 0 aliphatic carbocycles. The van der Waals surface area contributed by atoms with Gasteiger partial charge in [0.05, 0.1) is 15.4 Å². The maximum absolute atomic E-state index is 9.56. The van der Waals surface area contributed by atoms with Crippen LogP contribution >= 0.6 is 46.6 Å². The molecule has 10 heteroatoms. The molecule has 0 spiro atoms. The standard InChI is InChI=1S/C24H24Cl3N5OS/c1-3-19-28-22(31(10-7-11-33)14-15-8-5-4-6-9-15)20-23(29-19)32(30-24(20)34-2)21-17(26)12-16(25)13-18(21)27/h4-6,8-9,12-13,33H,3,7,10-11,14H2,1-2H3. The molecule has 0 saturated heterocycles. The van der Waals surface area contributed by atoms with Crippen molar-refractivity contribution in [1.82, 2.24) is 19.7 Å². The van der Waals surface area contributed by atoms with Gasteiger partial charge in [-0.3, -0.25) is 0 Å². The largest absolute Gasteiger partial charge is 0.396 e. The number of nitrogens with zero attached hydrogens (tertiary/aromatic N) is 5. The molecule has 0 fully saturated rings. The minimum absolute atomic E-state index is 0.0881. The van der Waals surface area contributed by atoms with Crippen LogP contribution in [0.4, 0.5) is 5.82 Å². The third-order valence-electron chi connectivity index (χ3n) is 5.33. The third kappa shape index (κ3) is 5.14. The number of hydrogen-bond acceptors (Lipinski definition) is 6. The number of aliphatic hydroxyl groups is 1. The Bertz CT molecular complexity index is 1280. The van der Waals surface area contributed by atoms with Gasteiger partial charge in [-0.1, -0.05) is 72.1 Å². The SMILES string of the molecule is CCc1nc(N(CCCO)Cc2ccccc2)c2c(SC)nn(-c3c(Cl)cc(Cl)cc3Cl)c2n1. The first-order valence-corrected chi connectivity index (χ1v) is 13.2. The summed E-state index contributed by atoms with van der Waals surface area (Å²) in [5, 5.41) is 17.2. The summed E-state index contributed by atoms with van der Waals surface area (Å²) in [7, 11) is 0. The molecule has 0 aliphatic heterocycles. The maximum Gasteiger partial charge on any atom is 0.170 e. The minimum atomic E-state index is 0.0881. The van der Waals surface area contributed by atoms with Gasteiger partial charge in [-0.2, -0.15) is 5.10 Å². The molecule has 0 bridgehead atoms. The van der Waals surface area contributed by atoms with Gasteiger partial charge in [0.15, 0.2) is 5.65 Å². The Morgan fingerprint density at radius 2 is 1.76 bits per heavy atom. The molecule has 0 amide bonds. The first-order valence-electron chi connectivity index (χ1n) is 10.8. The first-order chi connectivity index (χ1) is 16.5. The summed E-state index contributed by atoms with van der Waals surface area (Å²) < 4.78 is 1.68. The highest BCUT2D eigenvalue weighted by molar-refractivity contribution is 7.98. The molecule has 4 aromatic rings. The summed E-state index contributed by atoms with van der Waals surface area (Å²) in [6, 6.07) is 13.5. The quantitative estimate of drug-likeness (QED) is 0.248. The summed E-state index contributed by atoms with van der Waals surface area (Å²) in [4.78, 5) is 11.9. The monoisotopic (exact) mass is 535 g/mol. The Hall–Kier alpha value is -2.03. The fraction of sp³-hybridized carbons (Fsp3) is 0.292. The van der Waals surface area contributed by atoms with E-state index in [9.17, 15) is 5.11 Å². The topological polar surface area (TPSA) is 67.1 Å². The van der Waals surface area contributed by atoms with Crippen molar-refractivity contribution in [3.63, 3.8) is 0 Å². The molecule has 34 heavy (non-hydrogen) atoms. The van der Waals surface area contributed by atoms with Crippen LogP contribution in [0.5, 0.6) is 0 Å². The van der Waals surface area contributed by atoms with Crippen molar-refractivity contribution in [2.24, 2.45) is 0 Å². The molecule has 178 valence electrons. The van der Waals surface area contributed by atoms with Crippen molar-refractivity contribution in [3.8, 4) is 5.69 Å². The van der Waals surface area contributed by atoms with Crippen molar-refractivity contribution >= 4 is 63.4 Å². The smallest absolute Gasteiger partial charge is 0.170 e. The van der Waals surface area contributed by atoms with Crippen molar-refractivity contribution in [2.45, 2.75) is 31.3 Å². The second-order valence-electron chi connectivity index (χ2n) is 7.64. The van der Waals surface area contributed by atoms with E-state index in [1.54, 1.807) is 16.8 Å². The maximum atomic E-state index is 9.56. The molecule has 2 heterocycles. The molecule has 1 N–H and O–H groups in total. The van der Waals surface area contributed by atoms with Crippen LogP contribution in [0.1, 0.15) is 24.7 Å². The number of halogens is 3. The van der Waals surface area contributed by atoms with Crippen molar-refractivity contribution in [1.29, 1.82) is 0 Å². The molecule has 0 unspecified atom stereocenters. The zero-order valence-electron chi connectivity index (χ0n) is 18.8. The molecule has 6 nitrogen and oxygen atoms in total. The second kappa shape index (κ2) is 11.1. The Labute approximate surface area is 217 Å². The lowest BCUT2D eigenvalue weighted by atomic mass is 10.2. The summed E-state index contributed by atoms with van der Waals surface area (Å²) >= 11 is 20.8. The van der Waals surface area contributed by atoms with E-state index in [0.717, 1.165) is 21.8 Å². The predicted octanol–water partition coefficient (Wildman–Crippen LogP) is 6.45. The van der Waals surface area contributed by atoms with Gasteiger partial charge in [-0.05, 0) is 30.4 Å². The molecule has 0 aliphatic rings. The average molecular weight is 537 g/mol. The van der Waals surface area contributed by atoms with Gasteiger partial charge in [0.1, 0.15) is 22.4 Å². The normalized spacial score (nSPS) is 11.4. The molecule has 0 saturated carbocycles. The van der Waals surface area contributed by atoms with E-state index in [4.69, 9.17) is 49.9 Å². The lowest BCUT2D eigenvalue weighted by Gasteiger charge is -2.25. The van der Waals surface area contributed by atoms with Gasteiger partial charge in [0, 0.05) is 31.1 Å². The fourth-order valence-electron chi connectivity index (χ4n) is 3.76. The van der Waals surface area contributed by atoms with E-state index in [1.807, 2.05) is 31.4 Å². The van der Waals surface area contributed by atoms with E-state index in [0.29, 0.717) is 58.2 Å². The first kappa shape index (κ1) is 25.1. The van der Waals surface area contributed by atoms with Crippen LogP contribution < -0.4 is 4.90 Å². The fourth-order valence-corrected chi connectivity index (χ4v) is 5.29. The van der Waals surface area contributed by atoms with Crippen LogP contribution in [0.2, 0.25) is 15.1 Å². The molecule has 2 aromatic heterocycles. The van der Waals surface area contributed by atoms with E-state index in [2.05, 4.69) is 17.0 Å². The van der Waals surface area contributed by atoms with Gasteiger partial charge in [-0.25, -0.2) is 14.6 Å². The number of aryl methyl sites for hydroxylation is 1. The highest BCUT2D eigenvalue weighted by Gasteiger charge is 2.25. The van der Waals surface area contributed by atoms with Gasteiger partial charge in [-0.15, -0.1) is 11.8 Å². The molecule has 4 rings (SSSR count). The minimum Gasteiger partial charge on any atom is -0.396 e.